The lowest BCUT2D eigenvalue weighted by molar-refractivity contribution is 0.0940. The largest absolute Gasteiger partial charge is 0.345 e. The van der Waals surface area contributed by atoms with E-state index in [2.05, 4.69) is 15.5 Å². The molecule has 0 aliphatic carbocycles. The third-order valence-electron chi connectivity index (χ3n) is 3.59. The van der Waals surface area contributed by atoms with Gasteiger partial charge in [-0.25, -0.2) is 0 Å². The average Bonchev–Trinajstić information content (AvgIpc) is 3.06. The zero-order valence-corrected chi connectivity index (χ0v) is 12.3. The van der Waals surface area contributed by atoms with E-state index in [1.165, 1.54) is 0 Å². The Morgan fingerprint density at radius 3 is 2.36 bits per heavy atom. The van der Waals surface area contributed by atoms with Crippen molar-refractivity contribution in [1.29, 1.82) is 0 Å². The van der Waals surface area contributed by atoms with Gasteiger partial charge in [0.2, 0.25) is 0 Å². The summed E-state index contributed by atoms with van der Waals surface area (Å²) in [6, 6.07) is 19.5. The number of nitrogens with one attached hydrogen (secondary N) is 2. The molecule has 22 heavy (non-hydrogen) atoms. The molecule has 4 nitrogen and oxygen atoms in total. The monoisotopic (exact) mass is 291 g/mol. The Kier molecular flexibility index (Phi) is 4.01. The maximum absolute atomic E-state index is 12.5. The first-order chi connectivity index (χ1) is 10.8. The summed E-state index contributed by atoms with van der Waals surface area (Å²) in [5.41, 5.74) is 3.30. The predicted molar refractivity (Wildman–Crippen MR) is 86.3 cm³/mol. The number of carbonyl (C=O) groups excluding carboxylic acids is 1. The Morgan fingerprint density at radius 1 is 1.05 bits per heavy atom. The maximum atomic E-state index is 12.5. The molecule has 0 fully saturated rings. The number of benzene rings is 2. The Balaban J connectivity index is 1.81. The molecule has 1 aromatic heterocycles. The minimum absolute atomic E-state index is 0.0628. The van der Waals surface area contributed by atoms with E-state index in [0.717, 1.165) is 16.8 Å². The smallest absolute Gasteiger partial charge is 0.255 e. The van der Waals surface area contributed by atoms with Gasteiger partial charge < -0.3 is 5.32 Å². The summed E-state index contributed by atoms with van der Waals surface area (Å²) in [6.07, 6.45) is 1.56. The number of hydrogen-bond donors (Lipinski definition) is 2. The van der Waals surface area contributed by atoms with Gasteiger partial charge in [-0.05, 0) is 12.5 Å². The molecule has 1 amide bonds. The summed E-state index contributed by atoms with van der Waals surface area (Å²) in [5, 5.41) is 9.93. The average molecular weight is 291 g/mol. The number of hydrogen-bond acceptors (Lipinski definition) is 2. The molecule has 0 radical (unpaired) electrons. The molecule has 110 valence electrons. The highest BCUT2D eigenvalue weighted by atomic mass is 16.1. The Labute approximate surface area is 129 Å². The number of carbonyl (C=O) groups is 1. The second kappa shape index (κ2) is 6.26. The van der Waals surface area contributed by atoms with Gasteiger partial charge >= 0.3 is 0 Å². The van der Waals surface area contributed by atoms with Crippen LogP contribution in [0.25, 0.3) is 11.3 Å². The lowest BCUT2D eigenvalue weighted by Gasteiger charge is -2.14. The van der Waals surface area contributed by atoms with Crippen LogP contribution in [0, 0.1) is 0 Å². The third kappa shape index (κ3) is 2.91. The second-order valence-corrected chi connectivity index (χ2v) is 5.13. The first kappa shape index (κ1) is 14.1. The van der Waals surface area contributed by atoms with E-state index in [9.17, 15) is 4.79 Å². The van der Waals surface area contributed by atoms with E-state index in [1.807, 2.05) is 67.6 Å². The van der Waals surface area contributed by atoms with E-state index in [4.69, 9.17) is 0 Å². The molecule has 3 aromatic rings. The molecule has 2 N–H and O–H groups in total. The minimum atomic E-state index is -0.135. The van der Waals surface area contributed by atoms with Crippen molar-refractivity contribution in [3.8, 4) is 11.3 Å². The van der Waals surface area contributed by atoms with Gasteiger partial charge in [0, 0.05) is 5.56 Å². The second-order valence-electron chi connectivity index (χ2n) is 5.13. The van der Waals surface area contributed by atoms with Crippen LogP contribution < -0.4 is 5.32 Å². The van der Waals surface area contributed by atoms with Crippen LogP contribution in [0.15, 0.2) is 66.9 Å². The van der Waals surface area contributed by atoms with Crippen molar-refractivity contribution in [3.05, 3.63) is 78.0 Å². The molecule has 0 spiro atoms. The molecule has 0 bridgehead atoms. The Morgan fingerprint density at radius 2 is 1.68 bits per heavy atom. The molecular formula is C18H17N3O. The zero-order valence-electron chi connectivity index (χ0n) is 12.3. The first-order valence-electron chi connectivity index (χ1n) is 7.20. The number of rotatable bonds is 4. The highest BCUT2D eigenvalue weighted by Crippen LogP contribution is 2.21. The molecule has 2 aromatic carbocycles. The van der Waals surface area contributed by atoms with Crippen molar-refractivity contribution in [1.82, 2.24) is 15.5 Å². The summed E-state index contributed by atoms with van der Waals surface area (Å²) >= 11 is 0. The topological polar surface area (TPSA) is 57.8 Å². The molecule has 0 aliphatic heterocycles. The molecular weight excluding hydrogens is 274 g/mol. The van der Waals surface area contributed by atoms with Crippen molar-refractivity contribution in [2.75, 3.05) is 0 Å². The van der Waals surface area contributed by atoms with Crippen LogP contribution >= 0.6 is 0 Å². The first-order valence-corrected chi connectivity index (χ1v) is 7.20. The van der Waals surface area contributed by atoms with Crippen molar-refractivity contribution < 1.29 is 4.79 Å². The molecule has 0 unspecified atom stereocenters. The number of H-pyrrole nitrogens is 1. The number of aromatic amines is 1. The molecule has 0 aliphatic rings. The van der Waals surface area contributed by atoms with Gasteiger partial charge in [0.05, 0.1) is 23.5 Å². The van der Waals surface area contributed by atoms with Crippen LogP contribution in [-0.4, -0.2) is 16.1 Å². The Hall–Kier alpha value is -2.88. The van der Waals surface area contributed by atoms with Gasteiger partial charge in [-0.15, -0.1) is 0 Å². The normalized spacial score (nSPS) is 11.9. The molecule has 0 saturated heterocycles. The molecule has 0 saturated carbocycles. The lowest BCUT2D eigenvalue weighted by atomic mass is 10.1. The molecule has 3 rings (SSSR count). The predicted octanol–water partition coefficient (Wildman–Crippen LogP) is 3.57. The van der Waals surface area contributed by atoms with Crippen LogP contribution in [0.1, 0.15) is 28.9 Å². The molecule has 4 heteroatoms. The van der Waals surface area contributed by atoms with E-state index in [0.29, 0.717) is 5.56 Å². The van der Waals surface area contributed by atoms with Gasteiger partial charge in [-0.1, -0.05) is 60.7 Å². The van der Waals surface area contributed by atoms with Gasteiger partial charge in [-0.3, -0.25) is 9.89 Å². The van der Waals surface area contributed by atoms with Gasteiger partial charge in [0.15, 0.2) is 0 Å². The van der Waals surface area contributed by atoms with Crippen molar-refractivity contribution in [2.24, 2.45) is 0 Å². The van der Waals surface area contributed by atoms with E-state index in [-0.39, 0.29) is 11.9 Å². The van der Waals surface area contributed by atoms with Gasteiger partial charge in [0.25, 0.3) is 5.91 Å². The van der Waals surface area contributed by atoms with Gasteiger partial charge in [-0.2, -0.15) is 5.10 Å². The van der Waals surface area contributed by atoms with E-state index in [1.54, 1.807) is 6.20 Å². The van der Waals surface area contributed by atoms with Crippen LogP contribution in [0.3, 0.4) is 0 Å². The van der Waals surface area contributed by atoms with Gasteiger partial charge in [0.1, 0.15) is 0 Å². The van der Waals surface area contributed by atoms with E-state index < -0.39 is 0 Å². The summed E-state index contributed by atoms with van der Waals surface area (Å²) in [7, 11) is 0. The SMILES string of the molecule is C[C@H](NC(=O)c1cn[nH]c1-c1ccccc1)c1ccccc1. The highest BCUT2D eigenvalue weighted by molar-refractivity contribution is 5.99. The summed E-state index contributed by atoms with van der Waals surface area (Å²) in [6.45, 7) is 1.97. The fourth-order valence-corrected chi connectivity index (χ4v) is 2.38. The number of nitrogens with zero attached hydrogens (tertiary/aromatic N) is 1. The lowest BCUT2D eigenvalue weighted by Crippen LogP contribution is -2.26. The molecule has 1 atom stereocenters. The van der Waals surface area contributed by atoms with Crippen molar-refractivity contribution in [2.45, 2.75) is 13.0 Å². The number of amides is 1. The summed E-state index contributed by atoms with van der Waals surface area (Å²) < 4.78 is 0. The quantitative estimate of drug-likeness (QED) is 0.772. The van der Waals surface area contributed by atoms with Crippen molar-refractivity contribution >= 4 is 5.91 Å². The van der Waals surface area contributed by atoms with Crippen LogP contribution in [0.2, 0.25) is 0 Å². The standard InChI is InChI=1S/C18H17N3O/c1-13(14-8-4-2-5-9-14)20-18(22)16-12-19-21-17(16)15-10-6-3-7-11-15/h2-13H,1H3,(H,19,21)(H,20,22)/t13-/m0/s1. The van der Waals surface area contributed by atoms with Crippen molar-refractivity contribution in [3.63, 3.8) is 0 Å². The van der Waals surface area contributed by atoms with Crippen LogP contribution in [0.5, 0.6) is 0 Å². The summed E-state index contributed by atoms with van der Waals surface area (Å²) in [4.78, 5) is 12.5. The third-order valence-corrected chi connectivity index (χ3v) is 3.59. The zero-order chi connectivity index (χ0) is 15.4. The number of aromatic nitrogens is 2. The fraction of sp³-hybridized carbons (Fsp3) is 0.111. The molecule has 1 heterocycles. The minimum Gasteiger partial charge on any atom is -0.345 e. The van der Waals surface area contributed by atoms with Crippen LogP contribution in [-0.2, 0) is 0 Å². The maximum Gasteiger partial charge on any atom is 0.255 e. The highest BCUT2D eigenvalue weighted by Gasteiger charge is 2.17. The van der Waals surface area contributed by atoms with E-state index >= 15 is 0 Å². The fourth-order valence-electron chi connectivity index (χ4n) is 2.38. The Bertz CT molecular complexity index is 750. The van der Waals surface area contributed by atoms with Crippen LogP contribution in [0.4, 0.5) is 0 Å². The summed E-state index contributed by atoms with van der Waals surface area (Å²) in [5.74, 6) is -0.135.